The first-order valence-electron chi connectivity index (χ1n) is 10.2. The lowest BCUT2D eigenvalue weighted by molar-refractivity contribution is -0.114. The number of rotatable bonds is 6. The number of hydrogen-bond donors (Lipinski definition) is 2. The Morgan fingerprint density at radius 1 is 1.12 bits per heavy atom. The van der Waals surface area contributed by atoms with Crippen molar-refractivity contribution in [2.24, 2.45) is 0 Å². The van der Waals surface area contributed by atoms with Gasteiger partial charge in [0, 0.05) is 36.2 Å². The smallest absolute Gasteiger partial charge is 0.221 e. The largest absolute Gasteiger partial charge is 0.339 e. The maximum absolute atomic E-state index is 12.0. The lowest BCUT2D eigenvalue weighted by atomic mass is 9.94. The molecule has 0 saturated carbocycles. The molecule has 2 aromatic heterocycles. The fraction of sp³-hybridized carbons (Fsp3) is 0.115. The molecule has 1 amide bonds. The summed E-state index contributed by atoms with van der Waals surface area (Å²) in [5.74, 6) is -0.154. The van der Waals surface area contributed by atoms with E-state index in [0.717, 1.165) is 44.6 Å². The van der Waals surface area contributed by atoms with Crippen molar-refractivity contribution in [3.63, 3.8) is 0 Å². The highest BCUT2D eigenvalue weighted by Crippen LogP contribution is 2.41. The van der Waals surface area contributed by atoms with Crippen molar-refractivity contribution in [1.82, 2.24) is 9.97 Å². The summed E-state index contributed by atoms with van der Waals surface area (Å²) in [6, 6.07) is 15.4. The third-order valence-corrected chi connectivity index (χ3v) is 5.68. The summed E-state index contributed by atoms with van der Waals surface area (Å²) >= 11 is 6.60. The number of aromatic amines is 1. The fourth-order valence-corrected chi connectivity index (χ4v) is 4.02. The highest BCUT2D eigenvalue weighted by molar-refractivity contribution is 6.36. The fourth-order valence-electron chi connectivity index (χ4n) is 3.78. The lowest BCUT2D eigenvalue weighted by Crippen LogP contribution is -2.05. The molecular formula is C26H22ClN3O2. The summed E-state index contributed by atoms with van der Waals surface area (Å²) in [5, 5.41) is 4.19. The van der Waals surface area contributed by atoms with Gasteiger partial charge in [0.1, 0.15) is 5.65 Å². The van der Waals surface area contributed by atoms with Crippen LogP contribution in [0.15, 0.2) is 67.4 Å². The maximum atomic E-state index is 12.0. The number of H-pyrrole nitrogens is 1. The Bertz CT molecular complexity index is 1350. The number of pyridine rings is 1. The number of fused-ring (bicyclic) bond motifs is 1. The van der Waals surface area contributed by atoms with Crippen molar-refractivity contribution in [3.05, 3.63) is 83.5 Å². The van der Waals surface area contributed by atoms with Gasteiger partial charge in [0.15, 0.2) is 5.78 Å². The molecule has 2 heterocycles. The molecule has 6 heteroatoms. The van der Waals surface area contributed by atoms with Crippen molar-refractivity contribution in [2.75, 3.05) is 5.32 Å². The monoisotopic (exact) mass is 443 g/mol. The van der Waals surface area contributed by atoms with E-state index in [-0.39, 0.29) is 18.1 Å². The van der Waals surface area contributed by atoms with Gasteiger partial charge >= 0.3 is 0 Å². The zero-order valence-corrected chi connectivity index (χ0v) is 18.6. The van der Waals surface area contributed by atoms with Gasteiger partial charge in [0.2, 0.25) is 5.91 Å². The molecule has 0 saturated heterocycles. The van der Waals surface area contributed by atoms with Gasteiger partial charge in [-0.2, -0.15) is 0 Å². The topological polar surface area (TPSA) is 74.8 Å². The minimum atomic E-state index is -0.124. The molecule has 0 radical (unpaired) electrons. The second kappa shape index (κ2) is 8.81. The van der Waals surface area contributed by atoms with Crippen LogP contribution in [0.25, 0.3) is 33.4 Å². The number of anilines is 1. The second-order valence-electron chi connectivity index (χ2n) is 7.64. The number of allylic oxidation sites excluding steroid dienone is 1. The lowest BCUT2D eigenvalue weighted by Gasteiger charge is -2.11. The van der Waals surface area contributed by atoms with Crippen molar-refractivity contribution < 1.29 is 9.59 Å². The second-order valence-corrected chi connectivity index (χ2v) is 8.05. The number of halogens is 1. The van der Waals surface area contributed by atoms with Gasteiger partial charge in [-0.05, 0) is 53.5 Å². The molecule has 0 aliphatic heterocycles. The minimum Gasteiger partial charge on any atom is -0.339 e. The number of nitrogens with zero attached hydrogens (tertiary/aromatic N) is 1. The molecule has 2 aromatic carbocycles. The molecule has 0 aliphatic rings. The van der Waals surface area contributed by atoms with Crippen LogP contribution in [-0.4, -0.2) is 21.7 Å². The average Bonchev–Trinajstić information content (AvgIpc) is 3.16. The number of amides is 1. The Labute approximate surface area is 191 Å². The van der Waals surface area contributed by atoms with Crippen molar-refractivity contribution >= 4 is 40.0 Å². The Hall–Kier alpha value is -3.70. The molecule has 4 aromatic rings. The van der Waals surface area contributed by atoms with Gasteiger partial charge in [-0.15, -0.1) is 0 Å². The van der Waals surface area contributed by atoms with E-state index in [1.807, 2.05) is 49.4 Å². The van der Waals surface area contributed by atoms with E-state index < -0.39 is 0 Å². The molecule has 0 fully saturated rings. The number of nitrogens with one attached hydrogen (secondary N) is 2. The van der Waals surface area contributed by atoms with Crippen LogP contribution in [0.5, 0.6) is 0 Å². The molecule has 0 bridgehead atoms. The standard InChI is InChI=1S/C26H22ClN3O2/c1-4-21(32)14-19-13-18(6-5-15(19)2)23-24-22(27)11-12-28-26(24)30-25(23)17-7-9-20(10-8-17)29-16(3)31/h4-13H,1,14H2,2-3H3,(H,28,30)(H,29,31). The predicted molar refractivity (Wildman–Crippen MR) is 130 cm³/mol. The molecule has 160 valence electrons. The molecule has 4 rings (SSSR count). The number of ketones is 1. The Morgan fingerprint density at radius 2 is 1.84 bits per heavy atom. The SMILES string of the molecule is C=CC(=O)Cc1cc(-c2c(-c3ccc(NC(C)=O)cc3)[nH]c3nccc(Cl)c23)ccc1C. The third kappa shape index (κ3) is 4.20. The van der Waals surface area contributed by atoms with Crippen LogP contribution in [0, 0.1) is 6.92 Å². The number of carbonyl (C=O) groups excluding carboxylic acids is 2. The molecular weight excluding hydrogens is 422 g/mol. The summed E-state index contributed by atoms with van der Waals surface area (Å²) in [4.78, 5) is 31.2. The van der Waals surface area contributed by atoms with Gasteiger partial charge in [0.25, 0.3) is 0 Å². The summed E-state index contributed by atoms with van der Waals surface area (Å²) in [6.45, 7) is 7.05. The molecule has 0 aliphatic carbocycles. The van der Waals surface area contributed by atoms with Gasteiger partial charge in [-0.3, -0.25) is 9.59 Å². The molecule has 2 N–H and O–H groups in total. The van der Waals surface area contributed by atoms with E-state index in [0.29, 0.717) is 10.7 Å². The summed E-state index contributed by atoms with van der Waals surface area (Å²) in [7, 11) is 0. The van der Waals surface area contributed by atoms with Crippen LogP contribution in [0.1, 0.15) is 18.1 Å². The highest BCUT2D eigenvalue weighted by Gasteiger charge is 2.19. The van der Waals surface area contributed by atoms with Crippen LogP contribution < -0.4 is 5.32 Å². The van der Waals surface area contributed by atoms with Crippen LogP contribution >= 0.6 is 11.6 Å². The number of aryl methyl sites for hydroxylation is 1. The quantitative estimate of drug-likeness (QED) is 0.353. The normalized spacial score (nSPS) is 10.8. The van der Waals surface area contributed by atoms with E-state index in [1.165, 1.54) is 13.0 Å². The summed E-state index contributed by atoms with van der Waals surface area (Å²) < 4.78 is 0. The highest BCUT2D eigenvalue weighted by atomic mass is 35.5. The van der Waals surface area contributed by atoms with Crippen molar-refractivity contribution in [3.8, 4) is 22.4 Å². The molecule has 0 spiro atoms. The van der Waals surface area contributed by atoms with E-state index in [4.69, 9.17) is 11.6 Å². The number of aromatic nitrogens is 2. The molecule has 32 heavy (non-hydrogen) atoms. The number of hydrogen-bond acceptors (Lipinski definition) is 3. The molecule has 0 atom stereocenters. The Morgan fingerprint density at radius 3 is 2.53 bits per heavy atom. The maximum Gasteiger partial charge on any atom is 0.221 e. The van der Waals surface area contributed by atoms with E-state index >= 15 is 0 Å². The van der Waals surface area contributed by atoms with Gasteiger partial charge in [-0.25, -0.2) is 4.98 Å². The van der Waals surface area contributed by atoms with Gasteiger partial charge in [0.05, 0.1) is 10.7 Å². The third-order valence-electron chi connectivity index (χ3n) is 5.37. The summed E-state index contributed by atoms with van der Waals surface area (Å²) in [5.41, 5.74) is 7.01. The van der Waals surface area contributed by atoms with Crippen LogP contribution in [0.4, 0.5) is 5.69 Å². The first kappa shape index (κ1) is 21.5. The number of benzene rings is 2. The first-order valence-corrected chi connectivity index (χ1v) is 10.5. The van der Waals surface area contributed by atoms with Crippen LogP contribution in [-0.2, 0) is 16.0 Å². The van der Waals surface area contributed by atoms with E-state index in [9.17, 15) is 9.59 Å². The average molecular weight is 444 g/mol. The zero-order valence-electron chi connectivity index (χ0n) is 17.8. The van der Waals surface area contributed by atoms with Crippen LogP contribution in [0.2, 0.25) is 5.02 Å². The number of carbonyl (C=O) groups is 2. The summed E-state index contributed by atoms with van der Waals surface area (Å²) in [6.07, 6.45) is 3.30. The van der Waals surface area contributed by atoms with Gasteiger partial charge in [-0.1, -0.05) is 48.5 Å². The molecule has 0 unspecified atom stereocenters. The zero-order chi connectivity index (χ0) is 22.8. The van der Waals surface area contributed by atoms with Crippen molar-refractivity contribution in [2.45, 2.75) is 20.3 Å². The minimum absolute atomic E-state index is 0.0299. The van der Waals surface area contributed by atoms with E-state index in [2.05, 4.69) is 21.9 Å². The van der Waals surface area contributed by atoms with Crippen LogP contribution in [0.3, 0.4) is 0 Å². The Balaban J connectivity index is 1.91. The van der Waals surface area contributed by atoms with E-state index in [1.54, 1.807) is 12.3 Å². The first-order chi connectivity index (χ1) is 15.4. The Kier molecular flexibility index (Phi) is 5.93. The predicted octanol–water partition coefficient (Wildman–Crippen LogP) is 6.11. The molecule has 5 nitrogen and oxygen atoms in total. The van der Waals surface area contributed by atoms with Crippen molar-refractivity contribution in [1.29, 1.82) is 0 Å². The van der Waals surface area contributed by atoms with Gasteiger partial charge < -0.3 is 10.3 Å².